The van der Waals surface area contributed by atoms with Gasteiger partial charge in [0.15, 0.2) is 0 Å². The van der Waals surface area contributed by atoms with Gasteiger partial charge in [0.2, 0.25) is 0 Å². The standard InChI is InChI=1S/C19H17N3O/c1-19(2,3)16-10-14-15(11-20-16)22-9-8-12-6-4-5-7-13(12)17(22)21-18(14)23/h4-11H,1-3H3. The van der Waals surface area contributed by atoms with Crippen LogP contribution in [0.4, 0.5) is 0 Å². The SMILES string of the molecule is CC(C)(C)c1cc2c(=O)nc3c4ccccc4ccn3c2cn1. The number of rotatable bonds is 0. The molecule has 4 aromatic rings. The van der Waals surface area contributed by atoms with E-state index in [0.29, 0.717) is 11.0 Å². The Labute approximate surface area is 133 Å². The van der Waals surface area contributed by atoms with Gasteiger partial charge in [0, 0.05) is 22.7 Å². The Morgan fingerprint density at radius 2 is 1.83 bits per heavy atom. The first kappa shape index (κ1) is 13.9. The molecule has 4 nitrogen and oxygen atoms in total. The fourth-order valence-corrected chi connectivity index (χ4v) is 2.89. The molecule has 0 aliphatic carbocycles. The summed E-state index contributed by atoms with van der Waals surface area (Å²) < 4.78 is 1.94. The van der Waals surface area contributed by atoms with E-state index in [1.807, 2.05) is 47.0 Å². The Kier molecular flexibility index (Phi) is 2.79. The van der Waals surface area contributed by atoms with Gasteiger partial charge < -0.3 is 0 Å². The monoisotopic (exact) mass is 303 g/mol. The van der Waals surface area contributed by atoms with E-state index < -0.39 is 0 Å². The van der Waals surface area contributed by atoms with Crippen LogP contribution in [0.5, 0.6) is 0 Å². The summed E-state index contributed by atoms with van der Waals surface area (Å²) in [5, 5.41) is 2.64. The molecule has 0 aliphatic rings. The first-order chi connectivity index (χ1) is 10.9. The molecule has 0 radical (unpaired) electrons. The van der Waals surface area contributed by atoms with Crippen molar-refractivity contribution in [3.63, 3.8) is 0 Å². The lowest BCUT2D eigenvalue weighted by Gasteiger charge is -2.18. The van der Waals surface area contributed by atoms with Gasteiger partial charge in [-0.05, 0) is 17.5 Å². The van der Waals surface area contributed by atoms with Crippen molar-refractivity contribution in [1.82, 2.24) is 14.4 Å². The molecular weight excluding hydrogens is 286 g/mol. The van der Waals surface area contributed by atoms with E-state index in [1.165, 1.54) is 0 Å². The van der Waals surface area contributed by atoms with Gasteiger partial charge in [0.25, 0.3) is 5.56 Å². The zero-order valence-electron chi connectivity index (χ0n) is 13.4. The maximum Gasteiger partial charge on any atom is 0.281 e. The number of pyridine rings is 2. The Balaban J connectivity index is 2.18. The minimum Gasteiger partial charge on any atom is -0.299 e. The van der Waals surface area contributed by atoms with Gasteiger partial charge in [0.05, 0.1) is 17.1 Å². The van der Waals surface area contributed by atoms with Gasteiger partial charge in [-0.1, -0.05) is 45.0 Å². The molecule has 3 aromatic heterocycles. The molecule has 0 atom stereocenters. The molecule has 23 heavy (non-hydrogen) atoms. The van der Waals surface area contributed by atoms with Crippen LogP contribution < -0.4 is 5.56 Å². The molecule has 3 heterocycles. The Hall–Kier alpha value is -2.75. The second-order valence-electron chi connectivity index (χ2n) is 6.85. The molecule has 114 valence electrons. The quantitative estimate of drug-likeness (QED) is 0.465. The van der Waals surface area contributed by atoms with Crippen molar-refractivity contribution in [3.05, 3.63) is 64.8 Å². The average molecular weight is 303 g/mol. The first-order valence-electron chi connectivity index (χ1n) is 7.65. The molecule has 0 fully saturated rings. The van der Waals surface area contributed by atoms with Gasteiger partial charge >= 0.3 is 0 Å². The van der Waals surface area contributed by atoms with E-state index in [-0.39, 0.29) is 11.0 Å². The van der Waals surface area contributed by atoms with Crippen LogP contribution in [-0.2, 0) is 5.41 Å². The zero-order chi connectivity index (χ0) is 16.2. The van der Waals surface area contributed by atoms with E-state index in [1.54, 1.807) is 6.20 Å². The molecule has 0 N–H and O–H groups in total. The van der Waals surface area contributed by atoms with Crippen molar-refractivity contribution in [3.8, 4) is 0 Å². The van der Waals surface area contributed by atoms with E-state index >= 15 is 0 Å². The summed E-state index contributed by atoms with van der Waals surface area (Å²) in [6.07, 6.45) is 3.73. The predicted octanol–water partition coefficient (Wildman–Crippen LogP) is 3.69. The van der Waals surface area contributed by atoms with Crippen LogP contribution in [0, 0.1) is 0 Å². The summed E-state index contributed by atoms with van der Waals surface area (Å²) in [7, 11) is 0. The Morgan fingerprint density at radius 1 is 1.04 bits per heavy atom. The van der Waals surface area contributed by atoms with Crippen molar-refractivity contribution in [2.45, 2.75) is 26.2 Å². The fraction of sp³-hybridized carbons (Fsp3) is 0.211. The minimum absolute atomic E-state index is 0.108. The van der Waals surface area contributed by atoms with E-state index in [9.17, 15) is 4.79 Å². The summed E-state index contributed by atoms with van der Waals surface area (Å²) in [5.74, 6) is 0. The third-order valence-corrected chi connectivity index (χ3v) is 4.18. The second-order valence-corrected chi connectivity index (χ2v) is 6.85. The van der Waals surface area contributed by atoms with E-state index in [0.717, 1.165) is 22.0 Å². The van der Waals surface area contributed by atoms with E-state index in [4.69, 9.17) is 0 Å². The molecule has 0 bridgehead atoms. The van der Waals surface area contributed by atoms with Crippen LogP contribution in [0.1, 0.15) is 26.5 Å². The summed E-state index contributed by atoms with van der Waals surface area (Å²) in [6, 6.07) is 11.8. The Bertz CT molecular complexity index is 1120. The van der Waals surface area contributed by atoms with Crippen LogP contribution in [0.2, 0.25) is 0 Å². The van der Waals surface area contributed by atoms with Crippen molar-refractivity contribution >= 4 is 27.3 Å². The molecule has 0 saturated heterocycles. The highest BCUT2D eigenvalue weighted by atomic mass is 16.1. The maximum atomic E-state index is 12.6. The maximum absolute atomic E-state index is 12.6. The molecule has 0 aliphatic heterocycles. The fourth-order valence-electron chi connectivity index (χ4n) is 2.89. The Morgan fingerprint density at radius 3 is 2.61 bits per heavy atom. The van der Waals surface area contributed by atoms with Crippen LogP contribution in [-0.4, -0.2) is 14.4 Å². The predicted molar refractivity (Wildman–Crippen MR) is 93.0 cm³/mol. The molecule has 0 saturated carbocycles. The lowest BCUT2D eigenvalue weighted by molar-refractivity contribution is 0.570. The minimum atomic E-state index is -0.204. The topological polar surface area (TPSA) is 47.3 Å². The summed E-state index contributed by atoms with van der Waals surface area (Å²) in [6.45, 7) is 6.25. The van der Waals surface area contributed by atoms with Crippen LogP contribution in [0.25, 0.3) is 27.3 Å². The third-order valence-electron chi connectivity index (χ3n) is 4.18. The zero-order valence-corrected chi connectivity index (χ0v) is 13.4. The highest BCUT2D eigenvalue weighted by Gasteiger charge is 2.17. The van der Waals surface area contributed by atoms with Crippen molar-refractivity contribution in [1.29, 1.82) is 0 Å². The highest BCUT2D eigenvalue weighted by molar-refractivity contribution is 5.96. The number of hydrogen-bond donors (Lipinski definition) is 0. The van der Waals surface area contributed by atoms with Crippen LogP contribution in [0.15, 0.2) is 53.6 Å². The number of aromatic nitrogens is 3. The average Bonchev–Trinajstić information content (AvgIpc) is 2.54. The van der Waals surface area contributed by atoms with Crippen molar-refractivity contribution in [2.24, 2.45) is 0 Å². The number of fused-ring (bicyclic) bond motifs is 5. The molecular formula is C19H17N3O. The highest BCUT2D eigenvalue weighted by Crippen LogP contribution is 2.24. The van der Waals surface area contributed by atoms with Crippen molar-refractivity contribution < 1.29 is 0 Å². The van der Waals surface area contributed by atoms with Gasteiger partial charge in [-0.2, -0.15) is 4.98 Å². The molecule has 0 amide bonds. The normalized spacial score (nSPS) is 12.3. The van der Waals surface area contributed by atoms with Gasteiger partial charge in [0.1, 0.15) is 5.65 Å². The largest absolute Gasteiger partial charge is 0.299 e. The lowest BCUT2D eigenvalue weighted by Crippen LogP contribution is -2.17. The summed E-state index contributed by atoms with van der Waals surface area (Å²) in [5.41, 5.74) is 2.04. The lowest BCUT2D eigenvalue weighted by atomic mass is 9.91. The van der Waals surface area contributed by atoms with Gasteiger partial charge in [-0.3, -0.25) is 14.2 Å². The molecule has 1 aromatic carbocycles. The smallest absolute Gasteiger partial charge is 0.281 e. The summed E-state index contributed by atoms with van der Waals surface area (Å²) in [4.78, 5) is 21.5. The van der Waals surface area contributed by atoms with Gasteiger partial charge in [-0.25, -0.2) is 0 Å². The molecule has 0 spiro atoms. The third kappa shape index (κ3) is 2.10. The molecule has 4 rings (SSSR count). The number of nitrogens with zero attached hydrogens (tertiary/aromatic N) is 3. The van der Waals surface area contributed by atoms with Crippen LogP contribution in [0.3, 0.4) is 0 Å². The molecule has 0 unspecified atom stereocenters. The van der Waals surface area contributed by atoms with Crippen LogP contribution >= 0.6 is 0 Å². The first-order valence-corrected chi connectivity index (χ1v) is 7.65. The van der Waals surface area contributed by atoms with E-state index in [2.05, 4.69) is 30.7 Å². The molecule has 4 heteroatoms. The van der Waals surface area contributed by atoms with Gasteiger partial charge in [-0.15, -0.1) is 0 Å². The number of hydrogen-bond acceptors (Lipinski definition) is 3. The second kappa shape index (κ2) is 4.62. The summed E-state index contributed by atoms with van der Waals surface area (Å²) >= 11 is 0. The number of benzene rings is 1. The van der Waals surface area contributed by atoms with Crippen molar-refractivity contribution in [2.75, 3.05) is 0 Å².